The van der Waals surface area contributed by atoms with E-state index in [0.29, 0.717) is 12.3 Å². The maximum atomic E-state index is 11.6. The molecule has 0 radical (unpaired) electrons. The Morgan fingerprint density at radius 2 is 2.20 bits per heavy atom. The van der Waals surface area contributed by atoms with Gasteiger partial charge in [0.15, 0.2) is 0 Å². The number of hydrogen-bond acceptors (Lipinski definition) is 4. The fourth-order valence-corrected chi connectivity index (χ4v) is 2.35. The Morgan fingerprint density at radius 3 is 2.73 bits per heavy atom. The van der Waals surface area contributed by atoms with Gasteiger partial charge in [-0.1, -0.05) is 0 Å². The molecule has 0 aromatic rings. The number of hydrogen-bond donors (Lipinski definition) is 2. The Labute approximate surface area is 92.6 Å². The van der Waals surface area contributed by atoms with Gasteiger partial charge in [-0.2, -0.15) is 11.8 Å². The van der Waals surface area contributed by atoms with Crippen molar-refractivity contribution in [2.45, 2.75) is 6.04 Å². The van der Waals surface area contributed by atoms with Crippen molar-refractivity contribution in [1.29, 1.82) is 0 Å². The summed E-state index contributed by atoms with van der Waals surface area (Å²) in [6, 6.07) is -1.07. The third kappa shape index (κ3) is 3.28. The molecule has 0 aliphatic carbocycles. The average Bonchev–Trinajstić information content (AvgIpc) is 2.16. The van der Waals surface area contributed by atoms with Crippen LogP contribution in [0.1, 0.15) is 0 Å². The highest BCUT2D eigenvalue weighted by molar-refractivity contribution is 7.99. The molecule has 1 aliphatic heterocycles. The molecule has 0 aromatic heterocycles. The van der Waals surface area contributed by atoms with Crippen molar-refractivity contribution in [2.75, 3.05) is 32.1 Å². The number of carboxylic acids is 1. The average molecular weight is 233 g/mol. The molecule has 7 heteroatoms. The first-order chi connectivity index (χ1) is 7.02. The quantitative estimate of drug-likeness (QED) is 0.639. The number of urea groups is 1. The second kappa shape index (κ2) is 5.22. The molecule has 86 valence electrons. The molecule has 1 rings (SSSR count). The number of nitrogens with zero attached hydrogens (tertiary/aromatic N) is 2. The van der Waals surface area contributed by atoms with Crippen LogP contribution >= 0.6 is 11.8 Å². The third-order valence-corrected chi connectivity index (χ3v) is 3.02. The first kappa shape index (κ1) is 12.1. The number of amides is 2. The van der Waals surface area contributed by atoms with Gasteiger partial charge in [0, 0.05) is 32.1 Å². The summed E-state index contributed by atoms with van der Waals surface area (Å²) in [4.78, 5) is 23.9. The van der Waals surface area contributed by atoms with E-state index >= 15 is 0 Å². The largest absolute Gasteiger partial charge is 0.480 e. The maximum absolute atomic E-state index is 11.6. The van der Waals surface area contributed by atoms with Gasteiger partial charge in [-0.05, 0) is 0 Å². The smallest absolute Gasteiger partial charge is 0.332 e. The minimum atomic E-state index is -0.948. The van der Waals surface area contributed by atoms with Crippen molar-refractivity contribution in [3.05, 3.63) is 0 Å². The second-order valence-corrected chi connectivity index (χ2v) is 4.58. The zero-order chi connectivity index (χ0) is 11.4. The predicted octanol–water partition coefficient (Wildman–Crippen LogP) is -0.325. The fourth-order valence-electron chi connectivity index (χ4n) is 1.31. The fraction of sp³-hybridized carbons (Fsp3) is 0.750. The molecule has 15 heavy (non-hydrogen) atoms. The van der Waals surface area contributed by atoms with E-state index in [4.69, 9.17) is 5.11 Å². The van der Waals surface area contributed by atoms with Gasteiger partial charge in [-0.25, -0.2) is 14.6 Å². The van der Waals surface area contributed by atoms with Crippen LogP contribution in [0.3, 0.4) is 0 Å². The Balaban J connectivity index is 2.63. The lowest BCUT2D eigenvalue weighted by atomic mass is 10.3. The van der Waals surface area contributed by atoms with Crippen LogP contribution in [0.15, 0.2) is 0 Å². The van der Waals surface area contributed by atoms with Crippen LogP contribution in [-0.4, -0.2) is 65.2 Å². The highest BCUT2D eigenvalue weighted by Crippen LogP contribution is 2.16. The summed E-state index contributed by atoms with van der Waals surface area (Å²) < 4.78 is 0. The number of carbonyl (C=O) groups is 2. The topological polar surface area (TPSA) is 72.9 Å². The number of carbonyl (C=O) groups excluding carboxylic acids is 1. The van der Waals surface area contributed by atoms with Gasteiger partial charge >= 0.3 is 12.0 Å². The van der Waals surface area contributed by atoms with Gasteiger partial charge in [0.25, 0.3) is 0 Å². The standard InChI is InChI=1S/C8H15N3O3S/c1-10(2)9-8(14)11-3-4-15-5-6(11)7(12)13/h6H,3-5H2,1-2H3,(H,9,14)(H,12,13). The molecule has 0 saturated carbocycles. The second-order valence-electron chi connectivity index (χ2n) is 3.43. The number of nitrogens with one attached hydrogen (secondary N) is 1. The van der Waals surface area contributed by atoms with E-state index in [-0.39, 0.29) is 6.03 Å². The van der Waals surface area contributed by atoms with Crippen molar-refractivity contribution in [3.63, 3.8) is 0 Å². The maximum Gasteiger partial charge on any atom is 0.332 e. The monoisotopic (exact) mass is 233 g/mol. The van der Waals surface area contributed by atoms with Crippen molar-refractivity contribution in [2.24, 2.45) is 0 Å². The van der Waals surface area contributed by atoms with E-state index in [0.717, 1.165) is 5.75 Å². The summed E-state index contributed by atoms with van der Waals surface area (Å²) in [7, 11) is 3.37. The van der Waals surface area contributed by atoms with Crippen LogP contribution in [0.5, 0.6) is 0 Å². The molecule has 1 saturated heterocycles. The minimum absolute atomic E-state index is 0.354. The van der Waals surface area contributed by atoms with Gasteiger partial charge in [-0.15, -0.1) is 0 Å². The normalized spacial score (nSPS) is 21.5. The Kier molecular flexibility index (Phi) is 4.22. The molecule has 0 bridgehead atoms. The van der Waals surface area contributed by atoms with Gasteiger partial charge in [0.1, 0.15) is 6.04 Å². The predicted molar refractivity (Wildman–Crippen MR) is 57.7 cm³/mol. The van der Waals surface area contributed by atoms with Crippen LogP contribution < -0.4 is 5.43 Å². The van der Waals surface area contributed by atoms with E-state index in [9.17, 15) is 9.59 Å². The molecule has 1 aliphatic rings. The van der Waals surface area contributed by atoms with E-state index in [1.807, 2.05) is 0 Å². The first-order valence-corrected chi connectivity index (χ1v) is 5.73. The van der Waals surface area contributed by atoms with Crippen LogP contribution in [0.4, 0.5) is 4.79 Å². The molecular formula is C8H15N3O3S. The van der Waals surface area contributed by atoms with Crippen LogP contribution in [0, 0.1) is 0 Å². The number of hydrazine groups is 1. The van der Waals surface area contributed by atoms with Crippen molar-refractivity contribution < 1.29 is 14.7 Å². The summed E-state index contributed by atoms with van der Waals surface area (Å²) >= 11 is 1.56. The molecule has 1 heterocycles. The molecule has 2 N–H and O–H groups in total. The minimum Gasteiger partial charge on any atom is -0.480 e. The molecule has 2 amide bonds. The zero-order valence-corrected chi connectivity index (χ0v) is 9.58. The van der Waals surface area contributed by atoms with Gasteiger partial charge in [0.05, 0.1) is 0 Å². The Morgan fingerprint density at radius 1 is 1.53 bits per heavy atom. The van der Waals surface area contributed by atoms with Crippen LogP contribution in [0.25, 0.3) is 0 Å². The first-order valence-electron chi connectivity index (χ1n) is 4.57. The Bertz CT molecular complexity index is 260. The number of thioether (sulfide) groups is 1. The molecule has 6 nitrogen and oxygen atoms in total. The van der Waals surface area contributed by atoms with E-state index in [1.54, 1.807) is 25.9 Å². The molecule has 1 fully saturated rings. The van der Waals surface area contributed by atoms with Gasteiger partial charge in [0.2, 0.25) is 0 Å². The highest BCUT2D eigenvalue weighted by Gasteiger charge is 2.32. The van der Waals surface area contributed by atoms with E-state index in [1.165, 1.54) is 9.91 Å². The van der Waals surface area contributed by atoms with Crippen LogP contribution in [0.2, 0.25) is 0 Å². The highest BCUT2D eigenvalue weighted by atomic mass is 32.2. The Hall–Kier alpha value is -0.950. The molecule has 0 aromatic carbocycles. The van der Waals surface area contributed by atoms with Gasteiger partial charge in [-0.3, -0.25) is 5.43 Å². The zero-order valence-electron chi connectivity index (χ0n) is 8.77. The van der Waals surface area contributed by atoms with E-state index in [2.05, 4.69) is 5.43 Å². The molecule has 1 unspecified atom stereocenters. The summed E-state index contributed by atoms with van der Waals surface area (Å²) in [5.41, 5.74) is 2.55. The lowest BCUT2D eigenvalue weighted by Gasteiger charge is -2.33. The van der Waals surface area contributed by atoms with Crippen LogP contribution in [-0.2, 0) is 4.79 Å². The van der Waals surface area contributed by atoms with Crippen molar-refractivity contribution >= 4 is 23.8 Å². The summed E-state index contributed by atoms with van der Waals surface area (Å²) in [5.74, 6) is 0.289. The summed E-state index contributed by atoms with van der Waals surface area (Å²) in [6.45, 7) is 0.474. The van der Waals surface area contributed by atoms with Crippen molar-refractivity contribution in [3.8, 4) is 0 Å². The summed E-state index contributed by atoms with van der Waals surface area (Å²) in [5, 5.41) is 10.4. The lowest BCUT2D eigenvalue weighted by Crippen LogP contribution is -2.55. The lowest BCUT2D eigenvalue weighted by molar-refractivity contribution is -0.141. The molecule has 0 spiro atoms. The number of carboxylic acid groups (broad SMARTS) is 1. The van der Waals surface area contributed by atoms with Crippen molar-refractivity contribution in [1.82, 2.24) is 15.3 Å². The SMILES string of the molecule is CN(C)NC(=O)N1CCSCC1C(=O)O. The summed E-state index contributed by atoms with van der Waals surface area (Å²) in [6.07, 6.45) is 0. The molecular weight excluding hydrogens is 218 g/mol. The third-order valence-electron chi connectivity index (χ3n) is 1.99. The molecule has 1 atom stereocenters. The number of rotatable bonds is 2. The number of aliphatic carboxylic acids is 1. The van der Waals surface area contributed by atoms with Gasteiger partial charge < -0.3 is 10.0 Å². The van der Waals surface area contributed by atoms with E-state index < -0.39 is 12.0 Å².